The van der Waals surface area contributed by atoms with E-state index in [-0.39, 0.29) is 18.9 Å². The summed E-state index contributed by atoms with van der Waals surface area (Å²) in [6.07, 6.45) is 1.33. The molecule has 0 radical (unpaired) electrons. The van der Waals surface area contributed by atoms with Crippen molar-refractivity contribution in [3.8, 4) is 0 Å². The van der Waals surface area contributed by atoms with Crippen LogP contribution in [-0.2, 0) is 32.6 Å². The molecule has 0 fully saturated rings. The molecule has 0 saturated carbocycles. The molecule has 37 heavy (non-hydrogen) atoms. The largest absolute Gasteiger partial charge is 0.355 e. The van der Waals surface area contributed by atoms with Gasteiger partial charge in [-0.15, -0.1) is 0 Å². The second-order valence-electron chi connectivity index (χ2n) is 8.50. The summed E-state index contributed by atoms with van der Waals surface area (Å²) in [6, 6.07) is 22.4. The molecule has 3 aromatic rings. The number of hydrogen-bond acceptors (Lipinski definition) is 4. The highest BCUT2D eigenvalue weighted by Gasteiger charge is 2.32. The highest BCUT2D eigenvalue weighted by molar-refractivity contribution is 14.1. The molecule has 2 amide bonds. The maximum Gasteiger partial charge on any atom is 0.244 e. The van der Waals surface area contributed by atoms with Crippen LogP contribution in [0.3, 0.4) is 0 Å². The first-order valence-electron chi connectivity index (χ1n) is 11.7. The van der Waals surface area contributed by atoms with Crippen LogP contribution < -0.4 is 9.62 Å². The molecule has 1 N–H and O–H groups in total. The zero-order chi connectivity index (χ0) is 27.0. The number of nitrogens with zero attached hydrogens (tertiary/aromatic N) is 2. The summed E-state index contributed by atoms with van der Waals surface area (Å²) in [5.74, 6) is -0.821. The molecule has 0 aliphatic heterocycles. The molecule has 0 aliphatic rings. The Balaban J connectivity index is 2.03. The number of likely N-dealkylation sites (N-methyl/N-ethyl adjacent to an activating group) is 1. The van der Waals surface area contributed by atoms with Gasteiger partial charge in [-0.25, -0.2) is 8.42 Å². The van der Waals surface area contributed by atoms with Crippen LogP contribution in [0, 0.1) is 3.57 Å². The van der Waals surface area contributed by atoms with E-state index in [1.807, 2.05) is 43.3 Å². The lowest BCUT2D eigenvalue weighted by Crippen LogP contribution is -2.53. The van der Waals surface area contributed by atoms with Gasteiger partial charge in [-0.1, -0.05) is 54.1 Å². The Morgan fingerprint density at radius 3 is 2.22 bits per heavy atom. The van der Waals surface area contributed by atoms with E-state index in [0.717, 1.165) is 25.3 Å². The SMILES string of the molecule is CCNC(=O)[C@@H](Cc1ccccc1)N(Cc1cccc(Cl)c1)C(=O)CN(c1ccc(I)cc1)S(C)(=O)=O. The first-order valence-corrected chi connectivity index (χ1v) is 15.0. The summed E-state index contributed by atoms with van der Waals surface area (Å²) in [7, 11) is -3.79. The van der Waals surface area contributed by atoms with Gasteiger partial charge in [-0.05, 0) is 77.0 Å². The Morgan fingerprint density at radius 1 is 0.973 bits per heavy atom. The molecular formula is C27H29ClIN3O4S. The van der Waals surface area contributed by atoms with Crippen molar-refractivity contribution in [1.29, 1.82) is 0 Å². The fourth-order valence-corrected chi connectivity index (χ4v) is 5.32. The number of carbonyl (C=O) groups is 2. The van der Waals surface area contributed by atoms with Crippen LogP contribution in [0.25, 0.3) is 0 Å². The molecule has 196 valence electrons. The highest BCUT2D eigenvalue weighted by atomic mass is 127. The fourth-order valence-electron chi connectivity index (χ4n) is 3.90. The van der Waals surface area contributed by atoms with E-state index in [0.29, 0.717) is 17.3 Å². The summed E-state index contributed by atoms with van der Waals surface area (Å²) in [5.41, 5.74) is 1.97. The fraction of sp³-hybridized carbons (Fsp3) is 0.259. The molecule has 7 nitrogen and oxygen atoms in total. The number of amides is 2. The number of benzene rings is 3. The molecule has 0 bridgehead atoms. The van der Waals surface area contributed by atoms with E-state index >= 15 is 0 Å². The number of hydrogen-bond donors (Lipinski definition) is 1. The van der Waals surface area contributed by atoms with Crippen molar-refractivity contribution in [2.24, 2.45) is 0 Å². The second-order valence-corrected chi connectivity index (χ2v) is 12.1. The topological polar surface area (TPSA) is 86.8 Å². The van der Waals surface area contributed by atoms with Crippen LogP contribution >= 0.6 is 34.2 Å². The van der Waals surface area contributed by atoms with Gasteiger partial charge in [-0.2, -0.15) is 0 Å². The van der Waals surface area contributed by atoms with Gasteiger partial charge in [0, 0.05) is 28.1 Å². The maximum atomic E-state index is 13.9. The van der Waals surface area contributed by atoms with E-state index in [1.54, 1.807) is 42.5 Å². The molecule has 3 aromatic carbocycles. The quantitative estimate of drug-likeness (QED) is 0.309. The van der Waals surface area contributed by atoms with Crippen LogP contribution in [0.5, 0.6) is 0 Å². The number of nitrogens with one attached hydrogen (secondary N) is 1. The van der Waals surface area contributed by atoms with Gasteiger partial charge in [0.1, 0.15) is 12.6 Å². The van der Waals surface area contributed by atoms with Gasteiger partial charge in [0.25, 0.3) is 0 Å². The van der Waals surface area contributed by atoms with Crippen molar-refractivity contribution in [3.05, 3.63) is 98.6 Å². The average molecular weight is 654 g/mol. The number of sulfonamides is 1. The summed E-state index contributed by atoms with van der Waals surface area (Å²) in [6.45, 7) is 1.83. The summed E-state index contributed by atoms with van der Waals surface area (Å²) >= 11 is 8.32. The van der Waals surface area contributed by atoms with Gasteiger partial charge >= 0.3 is 0 Å². The first kappa shape index (κ1) is 28.9. The van der Waals surface area contributed by atoms with Gasteiger partial charge in [-0.3, -0.25) is 13.9 Å². The molecule has 0 spiro atoms. The molecular weight excluding hydrogens is 625 g/mol. The average Bonchev–Trinajstić information content (AvgIpc) is 2.85. The molecule has 0 aliphatic carbocycles. The molecule has 0 aromatic heterocycles. The van der Waals surface area contributed by atoms with E-state index in [2.05, 4.69) is 27.9 Å². The van der Waals surface area contributed by atoms with Gasteiger partial charge in [0.15, 0.2) is 0 Å². The zero-order valence-electron chi connectivity index (χ0n) is 20.6. The van der Waals surface area contributed by atoms with Crippen LogP contribution in [-0.4, -0.2) is 50.5 Å². The molecule has 0 heterocycles. The number of carbonyl (C=O) groups excluding carboxylic acids is 2. The van der Waals surface area contributed by atoms with Crippen molar-refractivity contribution >= 4 is 61.7 Å². The van der Waals surface area contributed by atoms with Crippen molar-refractivity contribution in [1.82, 2.24) is 10.2 Å². The molecule has 1 atom stereocenters. The first-order chi connectivity index (χ1) is 17.6. The molecule has 10 heteroatoms. The molecule has 0 unspecified atom stereocenters. The second kappa shape index (κ2) is 13.3. The number of halogens is 2. The lowest BCUT2D eigenvalue weighted by molar-refractivity contribution is -0.140. The van der Waals surface area contributed by atoms with Crippen LogP contribution in [0.2, 0.25) is 5.02 Å². The van der Waals surface area contributed by atoms with Gasteiger partial charge < -0.3 is 10.2 Å². The summed E-state index contributed by atoms with van der Waals surface area (Å²) in [4.78, 5) is 28.6. The van der Waals surface area contributed by atoms with Crippen molar-refractivity contribution in [3.63, 3.8) is 0 Å². The predicted molar refractivity (Wildman–Crippen MR) is 156 cm³/mol. The van der Waals surface area contributed by atoms with E-state index < -0.39 is 28.5 Å². The van der Waals surface area contributed by atoms with Crippen LogP contribution in [0.15, 0.2) is 78.9 Å². The van der Waals surface area contributed by atoms with E-state index in [4.69, 9.17) is 11.6 Å². The Bertz CT molecular complexity index is 1320. The van der Waals surface area contributed by atoms with Crippen molar-refractivity contribution < 1.29 is 18.0 Å². The number of rotatable bonds is 11. The lowest BCUT2D eigenvalue weighted by Gasteiger charge is -2.33. The minimum atomic E-state index is -3.79. The molecule has 0 saturated heterocycles. The summed E-state index contributed by atoms with van der Waals surface area (Å²) in [5, 5.41) is 3.33. The van der Waals surface area contributed by atoms with Crippen LogP contribution in [0.1, 0.15) is 18.1 Å². The Labute approximate surface area is 237 Å². The Kier molecular flexibility index (Phi) is 10.4. The van der Waals surface area contributed by atoms with E-state index in [9.17, 15) is 18.0 Å². The third-order valence-electron chi connectivity index (χ3n) is 5.66. The minimum absolute atomic E-state index is 0.0817. The van der Waals surface area contributed by atoms with Crippen LogP contribution in [0.4, 0.5) is 5.69 Å². The Morgan fingerprint density at radius 2 is 1.62 bits per heavy atom. The summed E-state index contributed by atoms with van der Waals surface area (Å²) < 4.78 is 27.5. The smallest absolute Gasteiger partial charge is 0.244 e. The van der Waals surface area contributed by atoms with Gasteiger partial charge in [0.05, 0.1) is 11.9 Å². The number of anilines is 1. The zero-order valence-corrected chi connectivity index (χ0v) is 24.3. The standard InChI is InChI=1S/C27H29ClIN3O4S/c1-3-30-27(34)25(17-20-8-5-4-6-9-20)31(18-21-10-7-11-22(28)16-21)26(33)19-32(37(2,35)36)24-14-12-23(29)13-15-24/h4-16,25H,3,17-19H2,1-2H3,(H,30,34)/t25-/m1/s1. The maximum absolute atomic E-state index is 13.9. The third-order valence-corrected chi connectivity index (χ3v) is 7.75. The lowest BCUT2D eigenvalue weighted by atomic mass is 10.0. The van der Waals surface area contributed by atoms with E-state index in [1.165, 1.54) is 4.90 Å². The normalized spacial score (nSPS) is 12.0. The monoisotopic (exact) mass is 653 g/mol. The predicted octanol–water partition coefficient (Wildman–Crippen LogP) is 4.49. The van der Waals surface area contributed by atoms with Crippen molar-refractivity contribution in [2.45, 2.75) is 25.9 Å². The Hall–Kier alpha value is -2.63. The highest BCUT2D eigenvalue weighted by Crippen LogP contribution is 2.22. The van der Waals surface area contributed by atoms with Gasteiger partial charge in [0.2, 0.25) is 21.8 Å². The molecule has 3 rings (SSSR count). The van der Waals surface area contributed by atoms with Crippen molar-refractivity contribution in [2.75, 3.05) is 23.7 Å². The third kappa shape index (κ3) is 8.44. The minimum Gasteiger partial charge on any atom is -0.355 e.